The van der Waals surface area contributed by atoms with Crippen molar-refractivity contribution in [3.05, 3.63) is 70.9 Å². The minimum Gasteiger partial charge on any atom is -0.480 e. The first-order valence-corrected chi connectivity index (χ1v) is 15.7. The summed E-state index contributed by atoms with van der Waals surface area (Å²) in [5.74, 6) is -4.43. The van der Waals surface area contributed by atoms with Gasteiger partial charge in [0.1, 0.15) is 23.2 Å². The van der Waals surface area contributed by atoms with Gasteiger partial charge >= 0.3 is 11.9 Å². The summed E-state index contributed by atoms with van der Waals surface area (Å²) in [5.41, 5.74) is 2.38. The van der Waals surface area contributed by atoms with Crippen LogP contribution in [0.15, 0.2) is 65.0 Å². The second-order valence-electron chi connectivity index (χ2n) is 10.3. The van der Waals surface area contributed by atoms with Gasteiger partial charge in [0.05, 0.1) is 22.2 Å². The van der Waals surface area contributed by atoms with Crippen LogP contribution in [0.3, 0.4) is 0 Å². The summed E-state index contributed by atoms with van der Waals surface area (Å²) < 4.78 is 0. The number of carboxylic acid groups (broad SMARTS) is 2. The number of carboxylic acids is 2. The molecule has 1 saturated heterocycles. The van der Waals surface area contributed by atoms with E-state index < -0.39 is 53.0 Å². The highest BCUT2D eigenvalue weighted by Gasteiger charge is 2.54. The van der Waals surface area contributed by atoms with Crippen molar-refractivity contribution in [1.29, 1.82) is 0 Å². The van der Waals surface area contributed by atoms with E-state index in [2.05, 4.69) is 15.3 Å². The number of β-lactam (4-membered cyclic amide) rings is 1. The lowest BCUT2D eigenvalue weighted by Gasteiger charge is -2.49. The molecule has 0 spiro atoms. The van der Waals surface area contributed by atoms with Crippen molar-refractivity contribution in [1.82, 2.24) is 25.1 Å². The molecule has 0 saturated carbocycles. The summed E-state index contributed by atoms with van der Waals surface area (Å²) >= 11 is 2.68. The molecule has 4 amide bonds. The molecule has 6 rings (SSSR count). The Bertz CT molecular complexity index is 1700. The normalized spacial score (nSPS) is 20.0. The Labute approximate surface area is 258 Å². The van der Waals surface area contributed by atoms with Crippen molar-refractivity contribution in [2.45, 2.75) is 41.9 Å². The maximum atomic E-state index is 13.0. The van der Waals surface area contributed by atoms with E-state index in [4.69, 9.17) is 0 Å². The molecule has 0 radical (unpaired) electrons. The third-order valence-corrected chi connectivity index (χ3v) is 9.92. The molecule has 15 heteroatoms. The Morgan fingerprint density at radius 3 is 2.39 bits per heavy atom. The Kier molecular flexibility index (Phi) is 7.90. The van der Waals surface area contributed by atoms with Crippen molar-refractivity contribution in [3.8, 4) is 0 Å². The van der Waals surface area contributed by atoms with Gasteiger partial charge in [0.25, 0.3) is 17.7 Å². The van der Waals surface area contributed by atoms with Crippen LogP contribution < -0.4 is 5.32 Å². The standard InChI is InChI=1S/C29H25N5O8S2/c35-20(11-5-10-19(27(39)40)33-23(36)15-6-1-2-7-16(15)24(33)37)32-21-25(38)34-22(28(41)42)14(12-43-26(21)34)13-44-29-30-17-8-3-4-9-18(17)31-29/h1-4,6-9,19,21,26H,5,10-13H2,(H,30,31)(H,32,35)(H,39,40)(H,41,42)/t19?,21-,26+/m1/s1. The number of nitrogens with one attached hydrogen (secondary N) is 2. The van der Waals surface area contributed by atoms with Crippen LogP contribution in [0.1, 0.15) is 40.0 Å². The van der Waals surface area contributed by atoms with Crippen LogP contribution in [-0.2, 0) is 19.2 Å². The number of imidazole rings is 1. The first kappa shape index (κ1) is 29.4. The Morgan fingerprint density at radius 1 is 1.05 bits per heavy atom. The number of aromatic amines is 1. The molecule has 1 unspecified atom stereocenters. The molecule has 2 aromatic carbocycles. The van der Waals surface area contributed by atoms with Crippen LogP contribution in [0.5, 0.6) is 0 Å². The van der Waals surface area contributed by atoms with Crippen molar-refractivity contribution >= 4 is 70.1 Å². The number of thioether (sulfide) groups is 2. The molecule has 3 atom stereocenters. The molecule has 3 aromatic rings. The molecule has 3 aliphatic rings. The number of nitrogens with zero attached hydrogens (tertiary/aromatic N) is 3. The molecule has 13 nitrogen and oxygen atoms in total. The van der Waals surface area contributed by atoms with Crippen LogP contribution in [-0.4, -0.2) is 94.5 Å². The quantitative estimate of drug-likeness (QED) is 0.137. The van der Waals surface area contributed by atoms with Gasteiger partial charge in [-0.2, -0.15) is 0 Å². The van der Waals surface area contributed by atoms with E-state index in [0.29, 0.717) is 27.1 Å². The topological polar surface area (TPSA) is 190 Å². The number of carbonyl (C=O) groups excluding carboxylic acids is 4. The lowest BCUT2D eigenvalue weighted by Crippen LogP contribution is -2.70. The minimum atomic E-state index is -1.45. The fraction of sp³-hybridized carbons (Fsp3) is 0.276. The number of fused-ring (bicyclic) bond motifs is 3. The third-order valence-electron chi connectivity index (χ3n) is 7.62. The smallest absolute Gasteiger partial charge is 0.352 e. The Balaban J connectivity index is 1.05. The molecule has 226 valence electrons. The average molecular weight is 636 g/mol. The molecular formula is C29H25N5O8S2. The number of carbonyl (C=O) groups is 6. The molecule has 0 aliphatic carbocycles. The molecule has 0 bridgehead atoms. The van der Waals surface area contributed by atoms with E-state index in [1.807, 2.05) is 24.3 Å². The summed E-state index contributed by atoms with van der Waals surface area (Å²) in [7, 11) is 0. The number of aromatic nitrogens is 2. The first-order valence-electron chi connectivity index (χ1n) is 13.6. The molecule has 3 aliphatic heterocycles. The van der Waals surface area contributed by atoms with E-state index in [0.717, 1.165) is 11.0 Å². The second kappa shape index (κ2) is 11.8. The molecular weight excluding hydrogens is 610 g/mol. The monoisotopic (exact) mass is 635 g/mol. The van der Waals surface area contributed by atoms with Gasteiger partial charge in [-0.15, -0.1) is 11.8 Å². The number of amides is 4. The van der Waals surface area contributed by atoms with Gasteiger partial charge in [0.15, 0.2) is 5.16 Å². The van der Waals surface area contributed by atoms with Gasteiger partial charge in [0, 0.05) is 17.9 Å². The van der Waals surface area contributed by atoms with E-state index in [1.165, 1.54) is 40.6 Å². The van der Waals surface area contributed by atoms with Gasteiger partial charge in [-0.25, -0.2) is 14.6 Å². The van der Waals surface area contributed by atoms with Crippen molar-refractivity contribution in [3.63, 3.8) is 0 Å². The zero-order valence-electron chi connectivity index (χ0n) is 22.9. The van der Waals surface area contributed by atoms with Gasteiger partial charge < -0.3 is 20.5 Å². The summed E-state index contributed by atoms with van der Waals surface area (Å²) in [5, 5.41) is 22.4. The van der Waals surface area contributed by atoms with E-state index in [9.17, 15) is 39.0 Å². The van der Waals surface area contributed by atoms with E-state index in [1.54, 1.807) is 12.1 Å². The molecule has 1 fully saturated rings. The maximum Gasteiger partial charge on any atom is 0.352 e. The van der Waals surface area contributed by atoms with Crippen LogP contribution in [0.25, 0.3) is 11.0 Å². The average Bonchev–Trinajstić information content (AvgIpc) is 3.54. The van der Waals surface area contributed by atoms with Crippen molar-refractivity contribution in [2.75, 3.05) is 11.5 Å². The van der Waals surface area contributed by atoms with Crippen LogP contribution in [0, 0.1) is 0 Å². The van der Waals surface area contributed by atoms with Crippen LogP contribution in [0.2, 0.25) is 0 Å². The number of rotatable bonds is 11. The highest BCUT2D eigenvalue weighted by molar-refractivity contribution is 8.01. The highest BCUT2D eigenvalue weighted by atomic mass is 32.2. The Morgan fingerprint density at radius 2 is 1.73 bits per heavy atom. The number of hydrogen-bond acceptors (Lipinski definition) is 9. The third kappa shape index (κ3) is 5.21. The molecule has 4 heterocycles. The Hall–Kier alpha value is -4.63. The van der Waals surface area contributed by atoms with Gasteiger partial charge in [-0.1, -0.05) is 36.0 Å². The summed E-state index contributed by atoms with van der Waals surface area (Å²) in [4.78, 5) is 84.9. The second-order valence-corrected chi connectivity index (χ2v) is 12.4. The predicted molar refractivity (Wildman–Crippen MR) is 159 cm³/mol. The summed E-state index contributed by atoms with van der Waals surface area (Å²) in [6, 6.07) is 11.2. The first-order chi connectivity index (χ1) is 21.2. The van der Waals surface area contributed by atoms with Gasteiger partial charge in [0.2, 0.25) is 5.91 Å². The number of imide groups is 1. The van der Waals surface area contributed by atoms with Crippen molar-refractivity contribution < 1.29 is 39.0 Å². The number of para-hydroxylation sites is 2. The van der Waals surface area contributed by atoms with Gasteiger partial charge in [-0.05, 0) is 42.7 Å². The number of benzene rings is 2. The van der Waals surface area contributed by atoms with Crippen LogP contribution in [0.4, 0.5) is 0 Å². The zero-order chi connectivity index (χ0) is 31.1. The maximum absolute atomic E-state index is 13.0. The van der Waals surface area contributed by atoms with Crippen LogP contribution >= 0.6 is 23.5 Å². The number of hydrogen-bond donors (Lipinski definition) is 4. The fourth-order valence-corrected chi connectivity index (χ4v) is 7.87. The lowest BCUT2D eigenvalue weighted by molar-refractivity contribution is -0.150. The summed E-state index contributed by atoms with van der Waals surface area (Å²) in [6.07, 6.45) is -0.285. The molecule has 4 N–H and O–H groups in total. The van der Waals surface area contributed by atoms with Crippen molar-refractivity contribution in [2.24, 2.45) is 0 Å². The highest BCUT2D eigenvalue weighted by Crippen LogP contribution is 2.41. The largest absolute Gasteiger partial charge is 0.480 e. The van der Waals surface area contributed by atoms with E-state index >= 15 is 0 Å². The minimum absolute atomic E-state index is 0.0298. The summed E-state index contributed by atoms with van der Waals surface area (Å²) in [6.45, 7) is 0. The molecule has 1 aromatic heterocycles. The van der Waals surface area contributed by atoms with Gasteiger partial charge in [-0.3, -0.25) is 29.0 Å². The SMILES string of the molecule is O=C(CCCC(C(=O)O)N1C(=O)c2ccccc2C1=O)N[C@@H]1C(=O)N2C(C(=O)O)=C(CSc3nc4ccccc4[nH]3)CS[C@@H]12. The number of H-pyrrole nitrogens is 1. The zero-order valence-corrected chi connectivity index (χ0v) is 24.5. The molecule has 44 heavy (non-hydrogen) atoms. The van der Waals surface area contributed by atoms with E-state index in [-0.39, 0.29) is 36.1 Å². The predicted octanol–water partition coefficient (Wildman–Crippen LogP) is 2.31. The lowest BCUT2D eigenvalue weighted by atomic mass is 10.0. The number of aliphatic carboxylic acids is 2. The fourth-order valence-electron chi connectivity index (χ4n) is 5.50.